The Bertz CT molecular complexity index is 721. The highest BCUT2D eigenvalue weighted by molar-refractivity contribution is 6.04. The molecule has 1 aromatic heterocycles. The zero-order valence-corrected chi connectivity index (χ0v) is 19.0. The molecule has 0 bridgehead atoms. The molecule has 0 saturated carbocycles. The number of aromatic nitrogens is 1. The molecule has 164 valence electrons. The lowest BCUT2D eigenvalue weighted by molar-refractivity contribution is -0.134. The number of hydrogen-bond acceptors (Lipinski definition) is 5. The van der Waals surface area contributed by atoms with E-state index < -0.39 is 5.97 Å². The van der Waals surface area contributed by atoms with Gasteiger partial charge in [-0.2, -0.15) is 0 Å². The molecule has 29 heavy (non-hydrogen) atoms. The average Bonchev–Trinajstić information content (AvgIpc) is 2.93. The molecule has 0 aliphatic heterocycles. The van der Waals surface area contributed by atoms with E-state index in [9.17, 15) is 14.4 Å². The molecule has 0 spiro atoms. The largest absolute Gasteiger partial charge is 0.461 e. The van der Waals surface area contributed by atoms with Crippen molar-refractivity contribution in [2.75, 3.05) is 32.9 Å². The van der Waals surface area contributed by atoms with Gasteiger partial charge in [0.1, 0.15) is 5.69 Å². The molecule has 0 radical (unpaired) electrons. The minimum Gasteiger partial charge on any atom is -0.461 e. The van der Waals surface area contributed by atoms with Gasteiger partial charge in [-0.15, -0.1) is 0 Å². The van der Waals surface area contributed by atoms with Gasteiger partial charge in [-0.25, -0.2) is 4.79 Å². The molecule has 0 aromatic carbocycles. The number of carbonyl (C=O) groups is 3. The maximum Gasteiger partial charge on any atom is 0.355 e. The van der Waals surface area contributed by atoms with Crippen LogP contribution in [0.2, 0.25) is 0 Å². The number of ketones is 1. The smallest absolute Gasteiger partial charge is 0.355 e. The van der Waals surface area contributed by atoms with Crippen LogP contribution in [-0.2, 0) is 20.8 Å². The second kappa shape index (κ2) is 11.8. The van der Waals surface area contributed by atoms with Crippen LogP contribution in [-0.4, -0.2) is 60.0 Å². The molecule has 1 heterocycles. The molecule has 0 aliphatic rings. The van der Waals surface area contributed by atoms with Gasteiger partial charge in [-0.05, 0) is 46.6 Å². The Morgan fingerprint density at radius 3 is 2.24 bits per heavy atom. The predicted molar refractivity (Wildman–Crippen MR) is 112 cm³/mol. The summed E-state index contributed by atoms with van der Waals surface area (Å²) in [5.74, 6) is -0.859. The fourth-order valence-corrected chi connectivity index (χ4v) is 3.55. The third-order valence-corrected chi connectivity index (χ3v) is 4.89. The van der Waals surface area contributed by atoms with E-state index in [1.54, 1.807) is 18.7 Å². The van der Waals surface area contributed by atoms with Crippen LogP contribution < -0.4 is 0 Å². The van der Waals surface area contributed by atoms with Crippen LogP contribution in [0, 0.1) is 19.8 Å². The number of ether oxygens (including phenoxy) is 2. The Hall–Kier alpha value is -2.15. The van der Waals surface area contributed by atoms with E-state index in [0.29, 0.717) is 49.5 Å². The quantitative estimate of drug-likeness (QED) is 0.301. The number of hydrogen-bond donors (Lipinski definition) is 0. The van der Waals surface area contributed by atoms with Gasteiger partial charge in [0.2, 0.25) is 5.91 Å². The first-order chi connectivity index (χ1) is 13.7. The van der Waals surface area contributed by atoms with Gasteiger partial charge in [0.15, 0.2) is 5.78 Å². The van der Waals surface area contributed by atoms with Crippen molar-refractivity contribution < 1.29 is 23.9 Å². The molecular weight excluding hydrogens is 372 g/mol. The lowest BCUT2D eigenvalue weighted by atomic mass is 10.0. The molecule has 0 unspecified atom stereocenters. The van der Waals surface area contributed by atoms with Gasteiger partial charge in [0.05, 0.1) is 13.2 Å². The van der Waals surface area contributed by atoms with Crippen molar-refractivity contribution in [3.8, 4) is 0 Å². The first-order valence-electron chi connectivity index (χ1n) is 10.5. The van der Waals surface area contributed by atoms with Crippen molar-refractivity contribution in [1.29, 1.82) is 0 Å². The lowest BCUT2D eigenvalue weighted by Gasteiger charge is -2.24. The number of rotatable bonds is 12. The highest BCUT2D eigenvalue weighted by atomic mass is 16.5. The van der Waals surface area contributed by atoms with E-state index in [1.807, 2.05) is 39.2 Å². The Labute approximate surface area is 174 Å². The van der Waals surface area contributed by atoms with E-state index in [2.05, 4.69) is 0 Å². The Balaban J connectivity index is 3.16. The molecule has 1 amide bonds. The van der Waals surface area contributed by atoms with Crippen molar-refractivity contribution in [3.63, 3.8) is 0 Å². The SMILES string of the molecule is CCOCCCN(CC(=O)c1c(C)c(C(=O)OCC)n(CC)c1C)C(=O)C(C)C. The summed E-state index contributed by atoms with van der Waals surface area (Å²) in [5.41, 5.74) is 2.25. The number of esters is 1. The molecular formula is C22H36N2O5. The third-order valence-electron chi connectivity index (χ3n) is 4.89. The minimum atomic E-state index is -0.430. The van der Waals surface area contributed by atoms with Crippen molar-refractivity contribution in [2.24, 2.45) is 5.92 Å². The predicted octanol–water partition coefficient (Wildman–Crippen LogP) is 3.40. The number of carbonyl (C=O) groups excluding carboxylic acids is 3. The van der Waals surface area contributed by atoms with E-state index in [1.165, 1.54) is 0 Å². The first-order valence-corrected chi connectivity index (χ1v) is 10.5. The van der Waals surface area contributed by atoms with Crippen molar-refractivity contribution in [3.05, 3.63) is 22.5 Å². The van der Waals surface area contributed by atoms with Gasteiger partial charge in [-0.1, -0.05) is 13.8 Å². The van der Waals surface area contributed by atoms with Crippen molar-refractivity contribution >= 4 is 17.7 Å². The summed E-state index contributed by atoms with van der Waals surface area (Å²) in [7, 11) is 0. The number of Topliss-reactive ketones (excluding diaryl/α,β-unsaturated/α-hetero) is 1. The molecule has 7 nitrogen and oxygen atoms in total. The topological polar surface area (TPSA) is 77.8 Å². The van der Waals surface area contributed by atoms with Crippen molar-refractivity contribution in [1.82, 2.24) is 9.47 Å². The highest BCUT2D eigenvalue weighted by Gasteiger charge is 2.28. The van der Waals surface area contributed by atoms with Gasteiger partial charge < -0.3 is 18.9 Å². The zero-order chi connectivity index (χ0) is 22.1. The fraction of sp³-hybridized carbons (Fsp3) is 0.682. The second-order valence-electron chi connectivity index (χ2n) is 7.29. The van der Waals surface area contributed by atoms with Crippen LogP contribution >= 0.6 is 0 Å². The van der Waals surface area contributed by atoms with Crippen molar-refractivity contribution in [2.45, 2.75) is 61.4 Å². The lowest BCUT2D eigenvalue weighted by Crippen LogP contribution is -2.39. The van der Waals surface area contributed by atoms with Gasteiger partial charge in [0.25, 0.3) is 0 Å². The highest BCUT2D eigenvalue weighted by Crippen LogP contribution is 2.24. The summed E-state index contributed by atoms with van der Waals surface area (Å²) in [6.07, 6.45) is 0.668. The van der Waals surface area contributed by atoms with Crippen LogP contribution in [0.15, 0.2) is 0 Å². The van der Waals surface area contributed by atoms with Crippen LogP contribution in [0.5, 0.6) is 0 Å². The summed E-state index contributed by atoms with van der Waals surface area (Å²) in [5, 5.41) is 0. The summed E-state index contributed by atoms with van der Waals surface area (Å²) < 4.78 is 12.3. The monoisotopic (exact) mass is 408 g/mol. The molecule has 1 aromatic rings. The third kappa shape index (κ3) is 6.16. The number of nitrogens with zero attached hydrogens (tertiary/aromatic N) is 2. The molecule has 0 atom stereocenters. The molecule has 0 aliphatic carbocycles. The minimum absolute atomic E-state index is 0.0131. The average molecular weight is 409 g/mol. The summed E-state index contributed by atoms with van der Waals surface area (Å²) in [4.78, 5) is 39.8. The Morgan fingerprint density at radius 2 is 1.72 bits per heavy atom. The normalized spacial score (nSPS) is 11.0. The molecule has 0 N–H and O–H groups in total. The summed E-state index contributed by atoms with van der Waals surface area (Å²) in [6.45, 7) is 15.3. The first kappa shape index (κ1) is 24.9. The van der Waals surface area contributed by atoms with E-state index >= 15 is 0 Å². The van der Waals surface area contributed by atoms with Crippen LogP contribution in [0.3, 0.4) is 0 Å². The summed E-state index contributed by atoms with van der Waals surface area (Å²) in [6, 6.07) is 0. The molecule has 1 rings (SSSR count). The van der Waals surface area contributed by atoms with E-state index in [0.717, 1.165) is 5.69 Å². The van der Waals surface area contributed by atoms with E-state index in [-0.39, 0.29) is 30.8 Å². The van der Waals surface area contributed by atoms with E-state index in [4.69, 9.17) is 9.47 Å². The van der Waals surface area contributed by atoms with Crippen LogP contribution in [0.4, 0.5) is 0 Å². The van der Waals surface area contributed by atoms with Crippen LogP contribution in [0.1, 0.15) is 73.1 Å². The zero-order valence-electron chi connectivity index (χ0n) is 19.0. The van der Waals surface area contributed by atoms with Gasteiger partial charge >= 0.3 is 5.97 Å². The maximum absolute atomic E-state index is 13.2. The fourth-order valence-electron chi connectivity index (χ4n) is 3.55. The van der Waals surface area contributed by atoms with Gasteiger partial charge in [0, 0.05) is 43.5 Å². The number of amides is 1. The van der Waals surface area contributed by atoms with Crippen LogP contribution in [0.25, 0.3) is 0 Å². The molecule has 0 fully saturated rings. The van der Waals surface area contributed by atoms with Gasteiger partial charge in [-0.3, -0.25) is 9.59 Å². The summed E-state index contributed by atoms with van der Waals surface area (Å²) >= 11 is 0. The maximum atomic E-state index is 13.2. The standard InChI is InChI=1S/C22H36N2O5/c1-8-24-17(7)19(16(6)20(24)22(27)29-10-3)18(25)14-23(21(26)15(4)5)12-11-13-28-9-2/h15H,8-14H2,1-7H3. The Kier molecular flexibility index (Phi) is 10.1. The second-order valence-corrected chi connectivity index (χ2v) is 7.29. The molecule has 0 saturated heterocycles. The molecule has 7 heteroatoms. The Morgan fingerprint density at radius 1 is 1.07 bits per heavy atom.